The maximum atomic E-state index is 10.3. The number of rotatable bonds is 5. The molecule has 0 aliphatic carbocycles. The van der Waals surface area contributed by atoms with Crippen LogP contribution in [0.5, 0.6) is 11.9 Å². The first-order valence-corrected chi connectivity index (χ1v) is 7.21. The highest BCUT2D eigenvalue weighted by atomic mass is 16.5. The van der Waals surface area contributed by atoms with E-state index in [1.54, 1.807) is 27.3 Å². The molecule has 0 aliphatic rings. The van der Waals surface area contributed by atoms with Crippen molar-refractivity contribution in [2.45, 2.75) is 19.9 Å². The van der Waals surface area contributed by atoms with Crippen molar-refractivity contribution in [3.8, 4) is 23.0 Å². The number of carbonyl (C=O) groups is 1. The van der Waals surface area contributed by atoms with E-state index in [1.807, 2.05) is 37.3 Å². The van der Waals surface area contributed by atoms with Crippen LogP contribution < -0.4 is 14.8 Å². The molecule has 1 aromatic heterocycles. The Balaban J connectivity index is 0.000000322. The zero-order valence-corrected chi connectivity index (χ0v) is 14.2. The minimum Gasteiger partial charge on any atom is -0.480 e. The van der Waals surface area contributed by atoms with Crippen LogP contribution in [0, 0.1) is 0 Å². The van der Waals surface area contributed by atoms with Gasteiger partial charge < -0.3 is 14.8 Å². The lowest BCUT2D eigenvalue weighted by atomic mass is 10.1. The summed E-state index contributed by atoms with van der Waals surface area (Å²) in [6, 6.07) is 10.1. The van der Waals surface area contributed by atoms with Crippen molar-refractivity contribution in [1.29, 1.82) is 0 Å². The fourth-order valence-electron chi connectivity index (χ4n) is 1.62. The van der Waals surface area contributed by atoms with Crippen LogP contribution in [0.4, 0.5) is 0 Å². The van der Waals surface area contributed by atoms with Gasteiger partial charge in [0.25, 0.3) is 0 Å². The molecule has 6 nitrogen and oxygen atoms in total. The number of hydrogen-bond donors (Lipinski definition) is 1. The SMILES string of the molecule is CN[C@@H](C)C(C)=O.COc1ncc(-c2ccccc2)c(OC)n1. The molecule has 124 valence electrons. The maximum Gasteiger partial charge on any atom is 0.319 e. The molecular formula is C17H23N3O3. The first-order chi connectivity index (χ1) is 11.0. The van der Waals surface area contributed by atoms with Crippen LogP contribution in [0.15, 0.2) is 36.5 Å². The van der Waals surface area contributed by atoms with E-state index in [-0.39, 0.29) is 11.8 Å². The van der Waals surface area contributed by atoms with Crippen LogP contribution in [-0.4, -0.2) is 43.1 Å². The van der Waals surface area contributed by atoms with Crippen LogP contribution in [-0.2, 0) is 4.79 Å². The third-order valence-corrected chi connectivity index (χ3v) is 3.24. The molecule has 1 atom stereocenters. The number of hydrogen-bond acceptors (Lipinski definition) is 6. The number of ether oxygens (including phenoxy) is 2. The molecule has 1 N–H and O–H groups in total. The van der Waals surface area contributed by atoms with Crippen molar-refractivity contribution >= 4 is 5.78 Å². The van der Waals surface area contributed by atoms with Crippen LogP contribution in [0.1, 0.15) is 13.8 Å². The molecule has 0 fully saturated rings. The van der Waals surface area contributed by atoms with E-state index in [0.29, 0.717) is 11.9 Å². The lowest BCUT2D eigenvalue weighted by Crippen LogP contribution is -2.28. The summed E-state index contributed by atoms with van der Waals surface area (Å²) in [5.74, 6) is 0.695. The number of likely N-dealkylation sites (N-methyl/N-ethyl adjacent to an activating group) is 1. The Bertz CT molecular complexity index is 618. The first kappa shape index (κ1) is 18.6. The molecule has 0 radical (unpaired) electrons. The van der Waals surface area contributed by atoms with Crippen molar-refractivity contribution in [2.24, 2.45) is 0 Å². The molecular weight excluding hydrogens is 294 g/mol. The van der Waals surface area contributed by atoms with Crippen molar-refractivity contribution < 1.29 is 14.3 Å². The molecule has 0 saturated carbocycles. The number of nitrogens with one attached hydrogen (secondary N) is 1. The summed E-state index contributed by atoms with van der Waals surface area (Å²) in [6.07, 6.45) is 1.69. The first-order valence-electron chi connectivity index (χ1n) is 7.21. The number of aromatic nitrogens is 2. The predicted octanol–water partition coefficient (Wildman–Crippen LogP) is 2.34. The lowest BCUT2D eigenvalue weighted by molar-refractivity contribution is -0.118. The van der Waals surface area contributed by atoms with Gasteiger partial charge in [-0.15, -0.1) is 0 Å². The molecule has 1 heterocycles. The fraction of sp³-hybridized carbons (Fsp3) is 0.353. The second kappa shape index (κ2) is 9.53. The van der Waals surface area contributed by atoms with Gasteiger partial charge in [0.15, 0.2) is 0 Å². The molecule has 6 heteroatoms. The van der Waals surface area contributed by atoms with E-state index in [4.69, 9.17) is 9.47 Å². The number of ketones is 1. The Morgan fingerprint density at radius 3 is 2.26 bits per heavy atom. The molecule has 23 heavy (non-hydrogen) atoms. The Labute approximate surface area is 136 Å². The Morgan fingerprint density at radius 2 is 1.83 bits per heavy atom. The quantitative estimate of drug-likeness (QED) is 0.912. The number of nitrogens with zero attached hydrogens (tertiary/aromatic N) is 2. The maximum absolute atomic E-state index is 10.3. The van der Waals surface area contributed by atoms with Gasteiger partial charge in [-0.3, -0.25) is 4.79 Å². The third-order valence-electron chi connectivity index (χ3n) is 3.24. The average molecular weight is 317 g/mol. The Morgan fingerprint density at radius 1 is 1.17 bits per heavy atom. The zero-order chi connectivity index (χ0) is 17.2. The normalized spacial score (nSPS) is 11.0. The number of methoxy groups -OCH3 is 2. The van der Waals surface area contributed by atoms with Gasteiger partial charge in [0.1, 0.15) is 5.78 Å². The largest absolute Gasteiger partial charge is 0.480 e. The molecule has 0 unspecified atom stereocenters. The van der Waals surface area contributed by atoms with Gasteiger partial charge in [-0.2, -0.15) is 4.98 Å². The average Bonchev–Trinajstić information content (AvgIpc) is 2.61. The predicted molar refractivity (Wildman–Crippen MR) is 89.8 cm³/mol. The molecule has 0 amide bonds. The van der Waals surface area contributed by atoms with E-state index in [2.05, 4.69) is 15.3 Å². The molecule has 0 bridgehead atoms. The second-order valence-electron chi connectivity index (χ2n) is 4.77. The summed E-state index contributed by atoms with van der Waals surface area (Å²) in [5.41, 5.74) is 1.87. The van der Waals surface area contributed by atoms with Crippen LogP contribution in [0.3, 0.4) is 0 Å². The van der Waals surface area contributed by atoms with Gasteiger partial charge in [-0.1, -0.05) is 30.3 Å². The molecule has 0 aliphatic heterocycles. The summed E-state index contributed by atoms with van der Waals surface area (Å²) < 4.78 is 10.2. The highest BCUT2D eigenvalue weighted by molar-refractivity contribution is 5.80. The van der Waals surface area contributed by atoms with Gasteiger partial charge in [0.05, 0.1) is 25.8 Å². The zero-order valence-electron chi connectivity index (χ0n) is 14.2. The Hall–Kier alpha value is -2.47. The van der Waals surface area contributed by atoms with E-state index < -0.39 is 0 Å². The highest BCUT2D eigenvalue weighted by Gasteiger charge is 2.09. The second-order valence-corrected chi connectivity index (χ2v) is 4.77. The fourth-order valence-corrected chi connectivity index (χ4v) is 1.62. The van der Waals surface area contributed by atoms with E-state index in [1.165, 1.54) is 7.11 Å². The standard InChI is InChI=1S/C12H12N2O2.C5H11NO/c1-15-11-10(8-13-12(14-11)16-2)9-6-4-3-5-7-9;1-4(6-3)5(2)7/h3-8H,1-2H3;4,6H,1-3H3/t;4-/m.0/s1. The van der Waals surface area contributed by atoms with Gasteiger partial charge in [0, 0.05) is 6.20 Å². The molecule has 0 saturated heterocycles. The third kappa shape index (κ3) is 5.67. The molecule has 2 aromatic rings. The smallest absolute Gasteiger partial charge is 0.319 e. The molecule has 2 rings (SSSR count). The van der Waals surface area contributed by atoms with Gasteiger partial charge in [0.2, 0.25) is 5.88 Å². The van der Waals surface area contributed by atoms with Crippen molar-refractivity contribution in [3.63, 3.8) is 0 Å². The summed E-state index contributed by atoms with van der Waals surface area (Å²) in [7, 11) is 4.87. The van der Waals surface area contributed by atoms with E-state index in [0.717, 1.165) is 11.1 Å². The van der Waals surface area contributed by atoms with Crippen molar-refractivity contribution in [2.75, 3.05) is 21.3 Å². The van der Waals surface area contributed by atoms with E-state index >= 15 is 0 Å². The van der Waals surface area contributed by atoms with Crippen LogP contribution in [0.25, 0.3) is 11.1 Å². The number of carbonyl (C=O) groups excluding carboxylic acids is 1. The van der Waals surface area contributed by atoms with Gasteiger partial charge >= 0.3 is 6.01 Å². The molecule has 0 spiro atoms. The number of Topliss-reactive ketones (excluding diaryl/α,β-unsaturated/α-hetero) is 1. The summed E-state index contributed by atoms with van der Waals surface area (Å²) in [4.78, 5) is 18.5. The van der Waals surface area contributed by atoms with Crippen LogP contribution >= 0.6 is 0 Å². The lowest BCUT2D eigenvalue weighted by Gasteiger charge is -2.07. The highest BCUT2D eigenvalue weighted by Crippen LogP contribution is 2.28. The Kier molecular flexibility index (Phi) is 7.70. The van der Waals surface area contributed by atoms with Gasteiger partial charge in [-0.25, -0.2) is 4.98 Å². The van der Waals surface area contributed by atoms with Crippen LogP contribution in [0.2, 0.25) is 0 Å². The minimum atomic E-state index is 0.0139. The van der Waals surface area contributed by atoms with Crippen molar-refractivity contribution in [1.82, 2.24) is 15.3 Å². The molecule has 1 aromatic carbocycles. The summed E-state index contributed by atoms with van der Waals surface area (Å²) in [5, 5.41) is 2.81. The summed E-state index contributed by atoms with van der Waals surface area (Å²) >= 11 is 0. The number of benzene rings is 1. The topological polar surface area (TPSA) is 73.3 Å². The summed E-state index contributed by atoms with van der Waals surface area (Å²) in [6.45, 7) is 3.41. The monoisotopic (exact) mass is 317 g/mol. The van der Waals surface area contributed by atoms with Gasteiger partial charge in [-0.05, 0) is 26.5 Å². The van der Waals surface area contributed by atoms with Crippen molar-refractivity contribution in [3.05, 3.63) is 36.5 Å². The van der Waals surface area contributed by atoms with E-state index in [9.17, 15) is 4.79 Å². The minimum absolute atomic E-state index is 0.0139.